The topological polar surface area (TPSA) is 38.7 Å². The predicted molar refractivity (Wildman–Crippen MR) is 39.0 cm³/mol. The lowest BCUT2D eigenvalue weighted by atomic mass is 9.90. The molecule has 0 saturated carbocycles. The van der Waals surface area contributed by atoms with E-state index in [-0.39, 0.29) is 18.3 Å². The maximum absolute atomic E-state index is 9.50. The second-order valence-corrected chi connectivity index (χ2v) is 3.35. The zero-order valence-corrected chi connectivity index (χ0v) is 6.69. The van der Waals surface area contributed by atoms with Gasteiger partial charge in [0, 0.05) is 5.92 Å². The third kappa shape index (κ3) is 1.08. The zero-order chi connectivity index (χ0) is 7.84. The molecule has 2 heterocycles. The molecule has 0 amide bonds. The molecule has 2 rings (SSSR count). The molecule has 4 atom stereocenters. The van der Waals surface area contributed by atoms with Gasteiger partial charge in [-0.25, -0.2) is 0 Å². The minimum atomic E-state index is -0.299. The summed E-state index contributed by atoms with van der Waals surface area (Å²) in [5.41, 5.74) is 0. The molecule has 0 bridgehead atoms. The van der Waals surface area contributed by atoms with Crippen LogP contribution in [0.4, 0.5) is 0 Å². The molecule has 11 heavy (non-hydrogen) atoms. The van der Waals surface area contributed by atoms with Crippen LogP contribution in [0.1, 0.15) is 13.3 Å². The van der Waals surface area contributed by atoms with Crippen molar-refractivity contribution in [2.75, 3.05) is 13.2 Å². The average Bonchev–Trinajstić information content (AvgIpc) is 2.54. The number of aliphatic hydroxyl groups excluding tert-OH is 1. The summed E-state index contributed by atoms with van der Waals surface area (Å²) in [6.07, 6.45) is 0.657. The zero-order valence-electron chi connectivity index (χ0n) is 6.69. The molecule has 0 radical (unpaired) electrons. The summed E-state index contributed by atoms with van der Waals surface area (Å²) in [6.45, 7) is 3.33. The minimum Gasteiger partial charge on any atom is -0.390 e. The summed E-state index contributed by atoms with van der Waals surface area (Å²) < 4.78 is 10.6. The molecule has 4 unspecified atom stereocenters. The second-order valence-electron chi connectivity index (χ2n) is 3.35. The lowest BCUT2D eigenvalue weighted by Gasteiger charge is -2.15. The van der Waals surface area contributed by atoms with Crippen LogP contribution in [0.25, 0.3) is 0 Å². The molecule has 2 aliphatic heterocycles. The molecule has 0 aromatic rings. The van der Waals surface area contributed by atoms with Crippen molar-refractivity contribution in [3.63, 3.8) is 0 Å². The predicted octanol–water partition coefficient (Wildman–Crippen LogP) is 0.376. The van der Waals surface area contributed by atoms with E-state index in [1.165, 1.54) is 0 Å². The van der Waals surface area contributed by atoms with E-state index in [2.05, 4.69) is 6.92 Å². The first-order valence-corrected chi connectivity index (χ1v) is 4.24. The van der Waals surface area contributed by atoms with Gasteiger partial charge >= 0.3 is 0 Å². The number of hydrogen-bond acceptors (Lipinski definition) is 3. The molecule has 3 heteroatoms. The van der Waals surface area contributed by atoms with Gasteiger partial charge in [0.25, 0.3) is 0 Å². The second kappa shape index (κ2) is 2.73. The Kier molecular flexibility index (Phi) is 1.87. The van der Waals surface area contributed by atoms with E-state index >= 15 is 0 Å². The maximum Gasteiger partial charge on any atom is 0.163 e. The molecular formula is C8H14O3. The molecule has 64 valence electrons. The SMILES string of the molecule is CCC1COC2OCC(O)C12. The van der Waals surface area contributed by atoms with E-state index in [1.54, 1.807) is 0 Å². The summed E-state index contributed by atoms with van der Waals surface area (Å²) in [4.78, 5) is 0. The van der Waals surface area contributed by atoms with E-state index in [1.807, 2.05) is 0 Å². The average molecular weight is 158 g/mol. The Morgan fingerprint density at radius 3 is 2.82 bits per heavy atom. The first kappa shape index (κ1) is 7.53. The fourth-order valence-corrected chi connectivity index (χ4v) is 2.01. The molecule has 1 N–H and O–H groups in total. The number of aliphatic hydroxyl groups is 1. The third-order valence-electron chi connectivity index (χ3n) is 2.73. The van der Waals surface area contributed by atoms with Gasteiger partial charge in [-0.1, -0.05) is 13.3 Å². The van der Waals surface area contributed by atoms with Gasteiger partial charge in [-0.05, 0) is 5.92 Å². The summed E-state index contributed by atoms with van der Waals surface area (Å²) >= 11 is 0. The standard InChI is InChI=1S/C8H14O3/c1-2-5-3-10-8-7(5)6(9)4-11-8/h5-9H,2-4H2,1H3. The van der Waals surface area contributed by atoms with Crippen LogP contribution < -0.4 is 0 Å². The lowest BCUT2D eigenvalue weighted by molar-refractivity contribution is -0.0908. The van der Waals surface area contributed by atoms with Crippen LogP contribution in [0.5, 0.6) is 0 Å². The highest BCUT2D eigenvalue weighted by Gasteiger charge is 2.46. The van der Waals surface area contributed by atoms with Crippen molar-refractivity contribution >= 4 is 0 Å². The van der Waals surface area contributed by atoms with Crippen molar-refractivity contribution in [2.45, 2.75) is 25.7 Å². The van der Waals surface area contributed by atoms with Gasteiger partial charge in [-0.2, -0.15) is 0 Å². The van der Waals surface area contributed by atoms with E-state index in [4.69, 9.17) is 9.47 Å². The Hall–Kier alpha value is -0.120. The molecule has 2 saturated heterocycles. The summed E-state index contributed by atoms with van der Waals surface area (Å²) in [5, 5.41) is 9.50. The highest BCUT2D eigenvalue weighted by atomic mass is 16.7. The number of hydrogen-bond donors (Lipinski definition) is 1. The van der Waals surface area contributed by atoms with Crippen LogP contribution >= 0.6 is 0 Å². The third-order valence-corrected chi connectivity index (χ3v) is 2.73. The summed E-state index contributed by atoms with van der Waals surface area (Å²) in [5.74, 6) is 0.734. The van der Waals surface area contributed by atoms with Gasteiger partial charge < -0.3 is 14.6 Å². The summed E-state index contributed by atoms with van der Waals surface area (Å²) in [6, 6.07) is 0. The van der Waals surface area contributed by atoms with Crippen LogP contribution in [0.15, 0.2) is 0 Å². The van der Waals surface area contributed by atoms with Crippen molar-refractivity contribution in [2.24, 2.45) is 11.8 Å². The highest BCUT2D eigenvalue weighted by molar-refractivity contribution is 4.87. The first-order valence-electron chi connectivity index (χ1n) is 4.24. The van der Waals surface area contributed by atoms with Crippen LogP contribution in [0, 0.1) is 11.8 Å². The van der Waals surface area contributed by atoms with Gasteiger partial charge in [-0.3, -0.25) is 0 Å². The highest BCUT2D eigenvalue weighted by Crippen LogP contribution is 2.37. The Morgan fingerprint density at radius 2 is 2.09 bits per heavy atom. The van der Waals surface area contributed by atoms with Crippen LogP contribution in [-0.4, -0.2) is 30.7 Å². The van der Waals surface area contributed by atoms with Crippen LogP contribution in [0.2, 0.25) is 0 Å². The molecule has 0 spiro atoms. The normalized spacial score (nSPS) is 49.6. The van der Waals surface area contributed by atoms with Crippen molar-refractivity contribution in [3.05, 3.63) is 0 Å². The van der Waals surface area contributed by atoms with Crippen molar-refractivity contribution in [1.29, 1.82) is 0 Å². The Bertz CT molecular complexity index is 148. The quantitative estimate of drug-likeness (QED) is 0.599. The monoisotopic (exact) mass is 158 g/mol. The molecule has 2 aliphatic rings. The van der Waals surface area contributed by atoms with E-state index < -0.39 is 0 Å². The van der Waals surface area contributed by atoms with E-state index in [9.17, 15) is 5.11 Å². The molecular weight excluding hydrogens is 144 g/mol. The van der Waals surface area contributed by atoms with E-state index in [0.717, 1.165) is 13.0 Å². The van der Waals surface area contributed by atoms with Gasteiger partial charge in [0.15, 0.2) is 6.29 Å². The number of rotatable bonds is 1. The molecule has 3 nitrogen and oxygen atoms in total. The maximum atomic E-state index is 9.50. The number of fused-ring (bicyclic) bond motifs is 1. The molecule has 0 aromatic carbocycles. The van der Waals surface area contributed by atoms with Crippen molar-refractivity contribution in [1.82, 2.24) is 0 Å². The lowest BCUT2D eigenvalue weighted by Crippen LogP contribution is -2.25. The number of ether oxygens (including phenoxy) is 2. The first-order chi connectivity index (χ1) is 5.33. The van der Waals surface area contributed by atoms with Gasteiger partial charge in [-0.15, -0.1) is 0 Å². The fourth-order valence-electron chi connectivity index (χ4n) is 2.01. The molecule has 2 fully saturated rings. The van der Waals surface area contributed by atoms with Crippen molar-refractivity contribution < 1.29 is 14.6 Å². The van der Waals surface area contributed by atoms with Gasteiger partial charge in [0.05, 0.1) is 19.3 Å². The largest absolute Gasteiger partial charge is 0.390 e. The Morgan fingerprint density at radius 1 is 1.36 bits per heavy atom. The Balaban J connectivity index is 2.07. The molecule has 0 aromatic heterocycles. The Labute approximate surface area is 66.3 Å². The van der Waals surface area contributed by atoms with Crippen LogP contribution in [0.3, 0.4) is 0 Å². The fraction of sp³-hybridized carbons (Fsp3) is 1.00. The van der Waals surface area contributed by atoms with E-state index in [0.29, 0.717) is 12.5 Å². The smallest absolute Gasteiger partial charge is 0.163 e. The van der Waals surface area contributed by atoms with Crippen molar-refractivity contribution in [3.8, 4) is 0 Å². The van der Waals surface area contributed by atoms with Crippen LogP contribution in [-0.2, 0) is 9.47 Å². The van der Waals surface area contributed by atoms with Gasteiger partial charge in [0.1, 0.15) is 0 Å². The minimum absolute atomic E-state index is 0.116. The van der Waals surface area contributed by atoms with Gasteiger partial charge in [0.2, 0.25) is 0 Å². The molecule has 0 aliphatic carbocycles. The summed E-state index contributed by atoms with van der Waals surface area (Å²) in [7, 11) is 0.